The number of carbonyl (C=O) groups is 2. The lowest BCUT2D eigenvalue weighted by molar-refractivity contribution is -0.389. The summed E-state index contributed by atoms with van der Waals surface area (Å²) in [7, 11) is 0. The number of hydrogen-bond donors (Lipinski definition) is 1. The van der Waals surface area contributed by atoms with Crippen molar-refractivity contribution in [2.45, 2.75) is 33.3 Å². The van der Waals surface area contributed by atoms with Crippen LogP contribution in [0.2, 0.25) is 0 Å². The van der Waals surface area contributed by atoms with E-state index in [-0.39, 0.29) is 18.1 Å². The van der Waals surface area contributed by atoms with Crippen LogP contribution in [0.25, 0.3) is 0 Å². The van der Waals surface area contributed by atoms with Crippen molar-refractivity contribution in [2.75, 3.05) is 16.8 Å². The summed E-state index contributed by atoms with van der Waals surface area (Å²) in [5.74, 6) is -1.24. The zero-order valence-corrected chi connectivity index (χ0v) is 16.0. The Morgan fingerprint density at radius 3 is 2.50 bits per heavy atom. The molecule has 3 rings (SSSR count). The number of aryl methyl sites for hydroxylation is 2. The Morgan fingerprint density at radius 1 is 1.25 bits per heavy atom. The third-order valence-electron chi connectivity index (χ3n) is 4.20. The molecule has 1 aromatic carbocycles. The molecule has 1 aliphatic heterocycles. The minimum absolute atomic E-state index is 0.0471. The van der Waals surface area contributed by atoms with E-state index in [2.05, 4.69) is 10.3 Å². The normalized spacial score (nSPS) is 14.9. The van der Waals surface area contributed by atoms with E-state index in [0.29, 0.717) is 5.69 Å². The van der Waals surface area contributed by atoms with Gasteiger partial charge in [-0.15, -0.1) is 0 Å². The zero-order valence-electron chi connectivity index (χ0n) is 16.0. The third kappa shape index (κ3) is 3.78. The third-order valence-corrected chi connectivity index (χ3v) is 4.20. The van der Waals surface area contributed by atoms with Gasteiger partial charge in [-0.3, -0.25) is 14.5 Å². The van der Waals surface area contributed by atoms with Crippen molar-refractivity contribution in [3.05, 3.63) is 51.6 Å². The fourth-order valence-corrected chi connectivity index (χ4v) is 3.08. The molecule has 0 aliphatic carbocycles. The molecule has 0 saturated carbocycles. The first kappa shape index (κ1) is 19.3. The molecule has 1 aliphatic rings. The predicted octanol–water partition coefficient (Wildman–Crippen LogP) is 2.75. The molecule has 2 amide bonds. The first-order chi connectivity index (χ1) is 13.1. The van der Waals surface area contributed by atoms with Crippen LogP contribution in [0.1, 0.15) is 25.0 Å². The molecule has 0 fully saturated rings. The first-order valence-electron chi connectivity index (χ1n) is 8.61. The number of aromatic nitrogens is 1. The summed E-state index contributed by atoms with van der Waals surface area (Å²) < 4.78 is 5.62. The molecule has 0 spiro atoms. The molecule has 0 bridgehead atoms. The summed E-state index contributed by atoms with van der Waals surface area (Å²) in [6, 6.07) is 8.17. The number of nitrogens with zero attached hydrogens (tertiary/aromatic N) is 3. The highest BCUT2D eigenvalue weighted by atomic mass is 16.6. The number of benzene rings is 1. The van der Waals surface area contributed by atoms with E-state index in [1.807, 2.05) is 32.0 Å². The van der Waals surface area contributed by atoms with Gasteiger partial charge in [-0.25, -0.2) is 0 Å². The summed E-state index contributed by atoms with van der Waals surface area (Å²) >= 11 is 0. The van der Waals surface area contributed by atoms with Crippen LogP contribution in [0.5, 0.6) is 5.75 Å². The van der Waals surface area contributed by atoms with Crippen LogP contribution in [0.4, 0.5) is 17.3 Å². The Balaban J connectivity index is 1.91. The van der Waals surface area contributed by atoms with E-state index in [9.17, 15) is 19.7 Å². The molecule has 0 unspecified atom stereocenters. The number of anilines is 2. The Bertz CT molecular complexity index is 966. The minimum Gasteiger partial charge on any atom is -0.472 e. The number of pyridine rings is 1. The SMILES string of the molecule is Cc1cc(C)cc(NC(=O)CN2C(=O)C(C)(C)Oc3ccc([N+](=O)[O-])nc32)c1. The number of nitro groups is 1. The topological polar surface area (TPSA) is 115 Å². The van der Waals surface area contributed by atoms with Crippen molar-refractivity contribution >= 4 is 29.1 Å². The van der Waals surface area contributed by atoms with Crippen molar-refractivity contribution in [3.63, 3.8) is 0 Å². The molecular weight excluding hydrogens is 364 g/mol. The van der Waals surface area contributed by atoms with E-state index in [1.54, 1.807) is 13.8 Å². The van der Waals surface area contributed by atoms with Crippen LogP contribution < -0.4 is 15.0 Å². The molecule has 1 aromatic heterocycles. The second-order valence-electron chi connectivity index (χ2n) is 7.18. The van der Waals surface area contributed by atoms with Gasteiger partial charge in [0.15, 0.2) is 11.4 Å². The van der Waals surface area contributed by atoms with Gasteiger partial charge >= 0.3 is 5.82 Å². The van der Waals surface area contributed by atoms with Gasteiger partial charge in [0.25, 0.3) is 11.7 Å². The van der Waals surface area contributed by atoms with Crippen LogP contribution in [0.15, 0.2) is 30.3 Å². The molecule has 0 atom stereocenters. The second kappa shape index (κ2) is 6.91. The Morgan fingerprint density at radius 2 is 1.89 bits per heavy atom. The molecule has 2 aromatic rings. The van der Waals surface area contributed by atoms with Crippen LogP contribution in [-0.2, 0) is 9.59 Å². The quantitative estimate of drug-likeness (QED) is 0.640. The van der Waals surface area contributed by atoms with Gasteiger partial charge in [-0.1, -0.05) is 6.07 Å². The van der Waals surface area contributed by atoms with Gasteiger partial charge in [0, 0.05) is 11.8 Å². The molecule has 28 heavy (non-hydrogen) atoms. The van der Waals surface area contributed by atoms with Gasteiger partial charge in [0.2, 0.25) is 5.91 Å². The smallest absolute Gasteiger partial charge is 0.366 e. The van der Waals surface area contributed by atoms with Gasteiger partial charge in [-0.2, -0.15) is 0 Å². The maximum absolute atomic E-state index is 12.8. The summed E-state index contributed by atoms with van der Waals surface area (Å²) in [5, 5.41) is 13.8. The molecule has 9 heteroatoms. The standard InChI is InChI=1S/C19H20N4O5/c1-11-7-12(2)9-13(8-11)20-16(24)10-22-17-14(28-19(3,4)18(22)25)5-6-15(21-17)23(26)27/h5-9H,10H2,1-4H3,(H,20,24). The predicted molar refractivity (Wildman–Crippen MR) is 102 cm³/mol. The maximum Gasteiger partial charge on any atom is 0.366 e. The lowest BCUT2D eigenvalue weighted by Crippen LogP contribution is -2.54. The highest BCUT2D eigenvalue weighted by Gasteiger charge is 2.45. The summed E-state index contributed by atoms with van der Waals surface area (Å²) in [4.78, 5) is 40.8. The average Bonchev–Trinajstić information content (AvgIpc) is 2.57. The fourth-order valence-electron chi connectivity index (χ4n) is 3.08. The van der Waals surface area contributed by atoms with Gasteiger partial charge in [-0.05, 0) is 66.9 Å². The van der Waals surface area contributed by atoms with Crippen LogP contribution in [-0.4, -0.2) is 33.9 Å². The van der Waals surface area contributed by atoms with Crippen molar-refractivity contribution < 1.29 is 19.2 Å². The lowest BCUT2D eigenvalue weighted by atomic mass is 10.1. The number of hydrogen-bond acceptors (Lipinski definition) is 6. The Kier molecular flexibility index (Phi) is 4.76. The lowest BCUT2D eigenvalue weighted by Gasteiger charge is -2.35. The van der Waals surface area contributed by atoms with Gasteiger partial charge < -0.3 is 20.2 Å². The maximum atomic E-state index is 12.8. The largest absolute Gasteiger partial charge is 0.472 e. The molecule has 0 saturated heterocycles. The Hall–Kier alpha value is -3.49. The average molecular weight is 384 g/mol. The minimum atomic E-state index is -1.23. The monoisotopic (exact) mass is 384 g/mol. The fraction of sp³-hybridized carbons (Fsp3) is 0.316. The van der Waals surface area contributed by atoms with E-state index in [4.69, 9.17) is 4.74 Å². The highest BCUT2D eigenvalue weighted by molar-refractivity contribution is 6.07. The van der Waals surface area contributed by atoms with Crippen molar-refractivity contribution in [1.29, 1.82) is 0 Å². The number of amides is 2. The number of nitrogens with one attached hydrogen (secondary N) is 1. The summed E-state index contributed by atoms with van der Waals surface area (Å²) in [5.41, 5.74) is 1.35. The second-order valence-corrected chi connectivity index (χ2v) is 7.18. The van der Waals surface area contributed by atoms with Crippen LogP contribution >= 0.6 is 0 Å². The molecule has 2 heterocycles. The number of ether oxygens (including phenoxy) is 1. The van der Waals surface area contributed by atoms with Crippen molar-refractivity contribution in [2.24, 2.45) is 0 Å². The van der Waals surface area contributed by atoms with Gasteiger partial charge in [0.1, 0.15) is 6.54 Å². The summed E-state index contributed by atoms with van der Waals surface area (Å²) in [6.45, 7) is 6.61. The zero-order chi connectivity index (χ0) is 20.6. The number of fused-ring (bicyclic) bond motifs is 1. The molecular formula is C19H20N4O5. The van der Waals surface area contributed by atoms with E-state index < -0.39 is 28.2 Å². The van der Waals surface area contributed by atoms with Crippen molar-refractivity contribution in [3.8, 4) is 5.75 Å². The molecule has 9 nitrogen and oxygen atoms in total. The van der Waals surface area contributed by atoms with Crippen LogP contribution in [0, 0.1) is 24.0 Å². The molecule has 1 N–H and O–H groups in total. The first-order valence-corrected chi connectivity index (χ1v) is 8.61. The Labute approximate surface area is 161 Å². The number of rotatable bonds is 4. The summed E-state index contributed by atoms with van der Waals surface area (Å²) in [6.07, 6.45) is 0. The highest BCUT2D eigenvalue weighted by Crippen LogP contribution is 2.37. The van der Waals surface area contributed by atoms with E-state index in [0.717, 1.165) is 16.0 Å². The van der Waals surface area contributed by atoms with E-state index in [1.165, 1.54) is 12.1 Å². The molecule has 0 radical (unpaired) electrons. The van der Waals surface area contributed by atoms with Crippen molar-refractivity contribution in [1.82, 2.24) is 4.98 Å². The van der Waals surface area contributed by atoms with E-state index >= 15 is 0 Å². The number of carbonyl (C=O) groups excluding carboxylic acids is 2. The van der Waals surface area contributed by atoms with Crippen LogP contribution in [0.3, 0.4) is 0 Å². The molecule has 146 valence electrons. The van der Waals surface area contributed by atoms with Gasteiger partial charge in [0.05, 0.1) is 0 Å².